The molecule has 0 fully saturated rings. The Morgan fingerprint density at radius 1 is 1.04 bits per heavy atom. The Morgan fingerprint density at radius 3 is 2.33 bits per heavy atom. The lowest BCUT2D eigenvalue weighted by Gasteiger charge is -2.15. The van der Waals surface area contributed by atoms with Gasteiger partial charge in [-0.25, -0.2) is 4.68 Å². The van der Waals surface area contributed by atoms with Gasteiger partial charge in [0.2, 0.25) is 0 Å². The van der Waals surface area contributed by atoms with Gasteiger partial charge >= 0.3 is 0 Å². The molecule has 6 heteroatoms. The van der Waals surface area contributed by atoms with E-state index in [1.54, 1.807) is 18.5 Å². The van der Waals surface area contributed by atoms with Gasteiger partial charge in [-0.15, -0.1) is 0 Å². The fourth-order valence-corrected chi connectivity index (χ4v) is 3.70. The van der Waals surface area contributed by atoms with Crippen LogP contribution >= 0.6 is 15.9 Å². The van der Waals surface area contributed by atoms with E-state index in [0.717, 1.165) is 15.7 Å². The van der Waals surface area contributed by atoms with Crippen LogP contribution in [0.3, 0.4) is 0 Å². The monoisotopic (exact) mass is 425 g/mol. The summed E-state index contributed by atoms with van der Waals surface area (Å²) in [5.41, 5.74) is 3.28. The van der Waals surface area contributed by atoms with Gasteiger partial charge in [-0.1, -0.05) is 52.3 Å². The van der Waals surface area contributed by atoms with Gasteiger partial charge in [0.15, 0.2) is 0 Å². The minimum Gasteiger partial charge on any atom is -0.343 e. The zero-order valence-corrected chi connectivity index (χ0v) is 16.9. The number of carbonyl (C=O) groups excluding carboxylic acids is 2. The molecule has 0 saturated heterocycles. The third-order valence-corrected chi connectivity index (χ3v) is 5.17. The molecule has 1 N–H and O–H groups in total. The number of rotatable bonds is 5. The summed E-state index contributed by atoms with van der Waals surface area (Å²) in [4.78, 5) is 25.4. The smallest absolute Gasteiger partial charge is 0.293 e. The van der Waals surface area contributed by atoms with Gasteiger partial charge in [-0.05, 0) is 44.5 Å². The number of amides is 1. The van der Waals surface area contributed by atoms with Gasteiger partial charge in [0.05, 0.1) is 28.7 Å². The second-order valence-electron chi connectivity index (χ2n) is 6.34. The highest BCUT2D eigenvalue weighted by Gasteiger charge is 2.26. The summed E-state index contributed by atoms with van der Waals surface area (Å²) < 4.78 is 2.57. The highest BCUT2D eigenvalue weighted by Crippen LogP contribution is 2.23. The number of benzene rings is 2. The third-order valence-electron chi connectivity index (χ3n) is 4.44. The molecule has 1 amide bonds. The third kappa shape index (κ3) is 3.85. The first-order chi connectivity index (χ1) is 12.9. The van der Waals surface area contributed by atoms with Crippen LogP contribution < -0.4 is 5.32 Å². The van der Waals surface area contributed by atoms with E-state index < -0.39 is 11.7 Å². The molecule has 0 aliphatic heterocycles. The van der Waals surface area contributed by atoms with Crippen LogP contribution in [0, 0.1) is 13.8 Å². The zero-order valence-electron chi connectivity index (χ0n) is 15.4. The normalized spacial score (nSPS) is 11.9. The van der Waals surface area contributed by atoms with E-state index in [9.17, 15) is 9.59 Å². The van der Waals surface area contributed by atoms with Crippen molar-refractivity contribution in [1.29, 1.82) is 0 Å². The molecule has 1 heterocycles. The van der Waals surface area contributed by atoms with E-state index in [4.69, 9.17) is 0 Å². The molecular weight excluding hydrogens is 406 g/mol. The number of hydrogen-bond acceptors (Lipinski definition) is 3. The quantitative estimate of drug-likeness (QED) is 0.489. The summed E-state index contributed by atoms with van der Waals surface area (Å²) in [5.74, 6) is -1.22. The van der Waals surface area contributed by atoms with Crippen molar-refractivity contribution in [3.8, 4) is 5.69 Å². The largest absolute Gasteiger partial charge is 0.343 e. The number of Topliss-reactive ketones (excluding diaryl/α,β-unsaturated/α-hetero) is 1. The molecule has 0 saturated carbocycles. The maximum atomic E-state index is 12.8. The first-order valence-electron chi connectivity index (χ1n) is 8.61. The SMILES string of the molecule is Cc1nn(-c2ccccc2)c(C)c1C(=O)C(=O)NC(C)c1ccccc1Br. The Hall–Kier alpha value is -2.73. The summed E-state index contributed by atoms with van der Waals surface area (Å²) in [6.45, 7) is 5.38. The first kappa shape index (κ1) is 19.0. The number of hydrogen-bond donors (Lipinski definition) is 1. The molecule has 2 aromatic carbocycles. The van der Waals surface area contributed by atoms with Gasteiger partial charge in [-0.3, -0.25) is 9.59 Å². The fourth-order valence-electron chi connectivity index (χ4n) is 3.07. The van der Waals surface area contributed by atoms with E-state index in [1.807, 2.05) is 61.5 Å². The van der Waals surface area contributed by atoms with Crippen molar-refractivity contribution in [3.63, 3.8) is 0 Å². The standard InChI is InChI=1S/C21H20BrN3O2/c1-13(17-11-7-8-12-18(17)22)23-21(27)20(26)19-14(2)24-25(15(19)3)16-9-5-4-6-10-16/h4-13H,1-3H3,(H,23,27). The van der Waals surface area contributed by atoms with Crippen molar-refractivity contribution in [2.75, 3.05) is 0 Å². The topological polar surface area (TPSA) is 64.0 Å². The molecular formula is C21H20BrN3O2. The maximum Gasteiger partial charge on any atom is 0.293 e. The maximum absolute atomic E-state index is 12.8. The predicted molar refractivity (Wildman–Crippen MR) is 108 cm³/mol. The Labute approximate surface area is 166 Å². The molecule has 5 nitrogen and oxygen atoms in total. The van der Waals surface area contributed by atoms with Crippen molar-refractivity contribution < 1.29 is 9.59 Å². The van der Waals surface area contributed by atoms with Gasteiger partial charge in [0.1, 0.15) is 0 Å². The summed E-state index contributed by atoms with van der Waals surface area (Å²) in [5, 5.41) is 7.23. The molecule has 0 bridgehead atoms. The summed E-state index contributed by atoms with van der Waals surface area (Å²) >= 11 is 3.47. The van der Waals surface area contributed by atoms with Gasteiger partial charge < -0.3 is 5.32 Å². The molecule has 1 aromatic heterocycles. The Kier molecular flexibility index (Phi) is 5.56. The van der Waals surface area contributed by atoms with Crippen molar-refractivity contribution in [2.24, 2.45) is 0 Å². The molecule has 27 heavy (non-hydrogen) atoms. The molecule has 0 aliphatic rings. The van der Waals surface area contributed by atoms with Gasteiger partial charge in [0, 0.05) is 4.47 Å². The van der Waals surface area contributed by atoms with E-state index in [1.165, 1.54) is 0 Å². The number of para-hydroxylation sites is 1. The number of aryl methyl sites for hydroxylation is 1. The minimum absolute atomic E-state index is 0.304. The minimum atomic E-state index is -0.642. The van der Waals surface area contributed by atoms with Gasteiger partial charge in [-0.2, -0.15) is 5.10 Å². The Bertz CT molecular complexity index is 996. The lowest BCUT2D eigenvalue weighted by Crippen LogP contribution is -2.33. The van der Waals surface area contributed by atoms with Crippen LogP contribution in [-0.4, -0.2) is 21.5 Å². The van der Waals surface area contributed by atoms with Gasteiger partial charge in [0.25, 0.3) is 11.7 Å². The number of nitrogens with zero attached hydrogens (tertiary/aromatic N) is 2. The molecule has 1 atom stereocenters. The van der Waals surface area contributed by atoms with Crippen molar-refractivity contribution in [2.45, 2.75) is 26.8 Å². The van der Waals surface area contributed by atoms with Crippen molar-refractivity contribution in [1.82, 2.24) is 15.1 Å². The lowest BCUT2D eigenvalue weighted by molar-refractivity contribution is -0.117. The van der Waals surface area contributed by atoms with E-state index in [-0.39, 0.29) is 6.04 Å². The summed E-state index contributed by atoms with van der Waals surface area (Å²) in [6, 6.07) is 16.8. The number of nitrogens with one attached hydrogen (secondary N) is 1. The zero-order chi connectivity index (χ0) is 19.6. The van der Waals surface area contributed by atoms with E-state index in [2.05, 4.69) is 26.3 Å². The molecule has 1 unspecified atom stereocenters. The molecule has 0 spiro atoms. The number of aromatic nitrogens is 2. The average molecular weight is 426 g/mol. The van der Waals surface area contributed by atoms with Crippen LogP contribution in [0.4, 0.5) is 0 Å². The van der Waals surface area contributed by atoms with Crippen LogP contribution in [0.15, 0.2) is 59.1 Å². The second kappa shape index (κ2) is 7.88. The van der Waals surface area contributed by atoms with Crippen LogP contribution in [0.1, 0.15) is 40.3 Å². The molecule has 0 aliphatic carbocycles. The fraction of sp³-hybridized carbons (Fsp3) is 0.190. The highest BCUT2D eigenvalue weighted by atomic mass is 79.9. The van der Waals surface area contributed by atoms with Crippen molar-refractivity contribution in [3.05, 3.63) is 81.6 Å². The van der Waals surface area contributed by atoms with Crippen LogP contribution in [0.2, 0.25) is 0 Å². The number of halogens is 1. The highest BCUT2D eigenvalue weighted by molar-refractivity contribution is 9.10. The first-order valence-corrected chi connectivity index (χ1v) is 9.40. The average Bonchev–Trinajstić information content (AvgIpc) is 2.96. The summed E-state index contributed by atoms with van der Waals surface area (Å²) in [7, 11) is 0. The Morgan fingerprint density at radius 2 is 1.67 bits per heavy atom. The predicted octanol–water partition coefficient (Wildman–Crippen LogP) is 4.31. The van der Waals surface area contributed by atoms with Crippen LogP contribution in [-0.2, 0) is 4.79 Å². The van der Waals surface area contributed by atoms with E-state index in [0.29, 0.717) is 17.0 Å². The second-order valence-corrected chi connectivity index (χ2v) is 7.19. The molecule has 3 aromatic rings. The van der Waals surface area contributed by atoms with Crippen LogP contribution in [0.25, 0.3) is 5.69 Å². The molecule has 138 valence electrons. The molecule has 0 radical (unpaired) electrons. The van der Waals surface area contributed by atoms with Crippen LogP contribution in [0.5, 0.6) is 0 Å². The summed E-state index contributed by atoms with van der Waals surface area (Å²) in [6.07, 6.45) is 0. The lowest BCUT2D eigenvalue weighted by atomic mass is 10.1. The van der Waals surface area contributed by atoms with E-state index >= 15 is 0 Å². The molecule has 3 rings (SSSR count). The Balaban J connectivity index is 1.85. The number of carbonyl (C=O) groups is 2. The number of ketones is 1. The van der Waals surface area contributed by atoms with Crippen molar-refractivity contribution >= 4 is 27.6 Å².